The molecule has 7 heteroatoms. The summed E-state index contributed by atoms with van der Waals surface area (Å²) in [7, 11) is 1.58. The van der Waals surface area contributed by atoms with Crippen molar-refractivity contribution < 1.29 is 19.0 Å². The molecule has 3 rings (SSSR count). The molecule has 1 saturated heterocycles. The molecule has 0 saturated carbocycles. The van der Waals surface area contributed by atoms with Crippen LogP contribution in [0, 0.1) is 5.92 Å². The number of methoxy groups -OCH3 is 1. The molecule has 1 heterocycles. The van der Waals surface area contributed by atoms with Crippen LogP contribution < -0.4 is 14.8 Å². The number of hydrogen-bond acceptors (Lipinski definition) is 5. The zero-order valence-electron chi connectivity index (χ0n) is 18.4. The Bertz CT molecular complexity index is 854. The molecular formula is C24H31BrN2O4. The molecule has 6 nitrogen and oxygen atoms in total. The Morgan fingerprint density at radius 2 is 1.90 bits per heavy atom. The van der Waals surface area contributed by atoms with Crippen LogP contribution in [0.3, 0.4) is 0 Å². The van der Waals surface area contributed by atoms with E-state index < -0.39 is 0 Å². The van der Waals surface area contributed by atoms with Gasteiger partial charge in [0.15, 0.2) is 11.5 Å². The monoisotopic (exact) mass is 490 g/mol. The molecule has 0 aliphatic carbocycles. The molecule has 0 bridgehead atoms. The summed E-state index contributed by atoms with van der Waals surface area (Å²) < 4.78 is 17.6. The van der Waals surface area contributed by atoms with E-state index in [0.717, 1.165) is 31.9 Å². The highest BCUT2D eigenvalue weighted by Crippen LogP contribution is 2.37. The van der Waals surface area contributed by atoms with Gasteiger partial charge < -0.3 is 19.5 Å². The number of amides is 1. The van der Waals surface area contributed by atoms with Gasteiger partial charge in [-0.3, -0.25) is 9.69 Å². The summed E-state index contributed by atoms with van der Waals surface area (Å²) in [5.74, 6) is 1.39. The Hall–Kier alpha value is -2.09. The van der Waals surface area contributed by atoms with E-state index in [4.69, 9.17) is 14.2 Å². The fourth-order valence-corrected chi connectivity index (χ4v) is 4.27. The average Bonchev–Trinajstić information content (AvgIpc) is 2.79. The third-order valence-corrected chi connectivity index (χ3v) is 6.06. The number of nitrogens with zero attached hydrogens (tertiary/aromatic N) is 1. The van der Waals surface area contributed by atoms with Crippen molar-refractivity contribution in [3.63, 3.8) is 0 Å². The van der Waals surface area contributed by atoms with Crippen LogP contribution in [0.15, 0.2) is 46.9 Å². The van der Waals surface area contributed by atoms with E-state index in [1.165, 1.54) is 0 Å². The van der Waals surface area contributed by atoms with Crippen LogP contribution in [0.25, 0.3) is 0 Å². The van der Waals surface area contributed by atoms with Crippen LogP contribution in [0.5, 0.6) is 11.5 Å². The Morgan fingerprint density at radius 3 is 2.55 bits per heavy atom. The standard InChI is InChI=1S/C24H31BrN2O4/c1-17(2)21(27-9-11-30-12-10-27)15-26-24(28)19-13-20(25)23(22(14-19)29-3)31-16-18-7-5-4-6-8-18/h4-8,13-14,17,21H,9-12,15-16H2,1-3H3,(H,26,28)/t21-/m0/s1. The minimum atomic E-state index is -0.132. The number of halogens is 1. The van der Waals surface area contributed by atoms with Gasteiger partial charge in [-0.1, -0.05) is 44.2 Å². The number of ether oxygens (including phenoxy) is 3. The first-order valence-electron chi connectivity index (χ1n) is 10.6. The lowest BCUT2D eigenvalue weighted by atomic mass is 10.0. The Kier molecular flexibility index (Phi) is 8.75. The maximum atomic E-state index is 12.9. The van der Waals surface area contributed by atoms with Gasteiger partial charge in [-0.2, -0.15) is 0 Å². The van der Waals surface area contributed by atoms with E-state index >= 15 is 0 Å². The molecular weight excluding hydrogens is 460 g/mol. The van der Waals surface area contributed by atoms with Crippen molar-refractivity contribution in [2.45, 2.75) is 26.5 Å². The van der Waals surface area contributed by atoms with Gasteiger partial charge in [0.1, 0.15) is 6.61 Å². The number of morpholine rings is 1. The normalized spacial score (nSPS) is 15.5. The summed E-state index contributed by atoms with van der Waals surface area (Å²) in [6.07, 6.45) is 0. The Labute approximate surface area is 193 Å². The van der Waals surface area contributed by atoms with Gasteiger partial charge in [-0.25, -0.2) is 0 Å². The number of carbonyl (C=O) groups is 1. The predicted octanol–water partition coefficient (Wildman–Crippen LogP) is 4.12. The van der Waals surface area contributed by atoms with Crippen LogP contribution in [0.1, 0.15) is 29.8 Å². The largest absolute Gasteiger partial charge is 0.493 e. The number of rotatable bonds is 9. The maximum Gasteiger partial charge on any atom is 0.251 e. The third-order valence-electron chi connectivity index (χ3n) is 5.47. The third kappa shape index (κ3) is 6.45. The summed E-state index contributed by atoms with van der Waals surface area (Å²) in [4.78, 5) is 15.3. The quantitative estimate of drug-likeness (QED) is 0.572. The molecule has 1 amide bonds. The van der Waals surface area contributed by atoms with E-state index in [9.17, 15) is 4.79 Å². The molecule has 1 N–H and O–H groups in total. The molecule has 0 unspecified atom stereocenters. The lowest BCUT2D eigenvalue weighted by Gasteiger charge is -2.36. The SMILES string of the molecule is COc1cc(C(=O)NC[C@@H](C(C)C)N2CCOCC2)cc(Br)c1OCc1ccccc1. The molecule has 0 radical (unpaired) electrons. The van der Waals surface area contributed by atoms with Crippen molar-refractivity contribution in [1.82, 2.24) is 10.2 Å². The zero-order valence-corrected chi connectivity index (χ0v) is 20.0. The van der Waals surface area contributed by atoms with Gasteiger partial charge in [0.2, 0.25) is 0 Å². The smallest absolute Gasteiger partial charge is 0.251 e. The molecule has 1 aliphatic heterocycles. The number of carbonyl (C=O) groups excluding carboxylic acids is 1. The summed E-state index contributed by atoms with van der Waals surface area (Å²) in [5.41, 5.74) is 1.58. The van der Waals surface area contributed by atoms with E-state index in [2.05, 4.69) is 40.0 Å². The summed E-state index contributed by atoms with van der Waals surface area (Å²) in [6.45, 7) is 8.64. The van der Waals surface area contributed by atoms with Gasteiger partial charge >= 0.3 is 0 Å². The number of hydrogen-bond donors (Lipinski definition) is 1. The minimum Gasteiger partial charge on any atom is -0.493 e. The summed E-state index contributed by atoms with van der Waals surface area (Å²) in [6, 6.07) is 13.7. The van der Waals surface area contributed by atoms with Gasteiger partial charge in [0.05, 0.1) is 24.8 Å². The van der Waals surface area contributed by atoms with Crippen molar-refractivity contribution in [2.24, 2.45) is 5.92 Å². The molecule has 0 spiro atoms. The predicted molar refractivity (Wildman–Crippen MR) is 125 cm³/mol. The van der Waals surface area contributed by atoms with E-state index in [1.54, 1.807) is 19.2 Å². The molecule has 1 fully saturated rings. The van der Waals surface area contributed by atoms with Gasteiger partial charge in [0.25, 0.3) is 5.91 Å². The van der Waals surface area contributed by atoms with Crippen molar-refractivity contribution in [1.29, 1.82) is 0 Å². The van der Waals surface area contributed by atoms with Crippen LogP contribution in [0.4, 0.5) is 0 Å². The highest BCUT2D eigenvalue weighted by atomic mass is 79.9. The second kappa shape index (κ2) is 11.5. The second-order valence-corrected chi connectivity index (χ2v) is 8.79. The van der Waals surface area contributed by atoms with Gasteiger partial charge in [-0.15, -0.1) is 0 Å². The Balaban J connectivity index is 1.67. The van der Waals surface area contributed by atoms with Crippen molar-refractivity contribution >= 4 is 21.8 Å². The minimum absolute atomic E-state index is 0.132. The van der Waals surface area contributed by atoms with E-state index in [1.807, 2.05) is 30.3 Å². The summed E-state index contributed by atoms with van der Waals surface area (Å²) >= 11 is 3.54. The first-order chi connectivity index (χ1) is 15.0. The van der Waals surface area contributed by atoms with Crippen molar-refractivity contribution in [2.75, 3.05) is 40.0 Å². The molecule has 31 heavy (non-hydrogen) atoms. The lowest BCUT2D eigenvalue weighted by Crippen LogP contribution is -2.51. The topological polar surface area (TPSA) is 60.0 Å². The van der Waals surface area contributed by atoms with Crippen molar-refractivity contribution in [3.05, 3.63) is 58.1 Å². The average molecular weight is 491 g/mol. The van der Waals surface area contributed by atoms with Crippen LogP contribution in [-0.4, -0.2) is 56.8 Å². The van der Waals surface area contributed by atoms with Crippen LogP contribution in [0.2, 0.25) is 0 Å². The summed E-state index contributed by atoms with van der Waals surface area (Å²) in [5, 5.41) is 3.09. The van der Waals surface area contributed by atoms with Gasteiger partial charge in [0, 0.05) is 31.2 Å². The van der Waals surface area contributed by atoms with E-state index in [-0.39, 0.29) is 11.9 Å². The fourth-order valence-electron chi connectivity index (χ4n) is 3.72. The zero-order chi connectivity index (χ0) is 22.2. The van der Waals surface area contributed by atoms with Gasteiger partial charge in [-0.05, 0) is 39.5 Å². The van der Waals surface area contributed by atoms with Crippen molar-refractivity contribution in [3.8, 4) is 11.5 Å². The molecule has 2 aromatic rings. The molecule has 1 atom stereocenters. The van der Waals surface area contributed by atoms with E-state index in [0.29, 0.717) is 40.6 Å². The molecule has 2 aromatic carbocycles. The Morgan fingerprint density at radius 1 is 1.19 bits per heavy atom. The fraction of sp³-hybridized carbons (Fsp3) is 0.458. The molecule has 168 valence electrons. The molecule has 1 aliphatic rings. The first kappa shape index (κ1) is 23.6. The highest BCUT2D eigenvalue weighted by Gasteiger charge is 2.25. The number of nitrogens with one attached hydrogen (secondary N) is 1. The maximum absolute atomic E-state index is 12.9. The second-order valence-electron chi connectivity index (χ2n) is 7.93. The van der Waals surface area contributed by atoms with Crippen LogP contribution >= 0.6 is 15.9 Å². The number of benzene rings is 2. The van der Waals surface area contributed by atoms with Crippen LogP contribution in [-0.2, 0) is 11.3 Å². The molecule has 0 aromatic heterocycles. The lowest BCUT2D eigenvalue weighted by molar-refractivity contribution is 0.00672. The first-order valence-corrected chi connectivity index (χ1v) is 11.4. The highest BCUT2D eigenvalue weighted by molar-refractivity contribution is 9.10.